The highest BCUT2D eigenvalue weighted by Gasteiger charge is 2.28. The summed E-state index contributed by atoms with van der Waals surface area (Å²) in [5.74, 6) is 0.0391. The Balaban J connectivity index is 0.00000200. The van der Waals surface area contributed by atoms with E-state index >= 15 is 0 Å². The Hall–Kier alpha value is -1.36. The fraction of sp³-hybridized carbons (Fsp3) is 0.400. The molecule has 0 radical (unpaired) electrons. The van der Waals surface area contributed by atoms with E-state index in [0.717, 1.165) is 18.5 Å². The maximum atomic E-state index is 11.9. The van der Waals surface area contributed by atoms with Crippen molar-refractivity contribution in [3.63, 3.8) is 0 Å². The number of nitrogens with one attached hydrogen (secondary N) is 2. The molecule has 1 fully saturated rings. The molecule has 0 aromatic heterocycles. The Morgan fingerprint density at radius 1 is 1.45 bits per heavy atom. The van der Waals surface area contributed by atoms with Gasteiger partial charge in [-0.05, 0) is 12.0 Å². The van der Waals surface area contributed by atoms with Crippen molar-refractivity contribution in [2.45, 2.75) is 18.6 Å². The summed E-state index contributed by atoms with van der Waals surface area (Å²) in [6.45, 7) is 1.29. The van der Waals surface area contributed by atoms with Crippen molar-refractivity contribution in [3.05, 3.63) is 42.0 Å². The lowest BCUT2D eigenvalue weighted by Crippen LogP contribution is -2.40. The molecule has 2 atom stereocenters. The molecule has 1 aliphatic rings. The normalized spacial score (nSPS) is 21.6. The minimum absolute atomic E-state index is 0. The van der Waals surface area contributed by atoms with Crippen LogP contribution < -0.4 is 10.6 Å². The molecule has 5 heteroatoms. The van der Waals surface area contributed by atoms with Gasteiger partial charge in [0.05, 0.1) is 12.1 Å². The van der Waals surface area contributed by atoms with E-state index in [-0.39, 0.29) is 30.5 Å². The second kappa shape index (κ2) is 8.74. The maximum Gasteiger partial charge on any atom is 0.237 e. The summed E-state index contributed by atoms with van der Waals surface area (Å²) < 4.78 is 5.22. The van der Waals surface area contributed by atoms with Crippen LogP contribution in [0.3, 0.4) is 0 Å². The van der Waals surface area contributed by atoms with E-state index in [2.05, 4.69) is 10.6 Å². The predicted molar refractivity (Wildman–Crippen MR) is 82.9 cm³/mol. The van der Waals surface area contributed by atoms with Crippen LogP contribution >= 0.6 is 12.4 Å². The number of ether oxygens (including phenoxy) is 1. The smallest absolute Gasteiger partial charge is 0.237 e. The van der Waals surface area contributed by atoms with Crippen LogP contribution in [0.15, 0.2) is 36.4 Å². The third-order valence-electron chi connectivity index (χ3n) is 3.24. The number of carbonyl (C=O) groups excluding carboxylic acids is 1. The zero-order valence-electron chi connectivity index (χ0n) is 11.5. The first-order chi connectivity index (χ1) is 9.29. The molecule has 1 aliphatic heterocycles. The highest BCUT2D eigenvalue weighted by molar-refractivity contribution is 5.85. The van der Waals surface area contributed by atoms with Gasteiger partial charge < -0.3 is 15.4 Å². The van der Waals surface area contributed by atoms with Crippen molar-refractivity contribution in [2.24, 2.45) is 0 Å². The molecular formula is C15H21ClN2O2. The van der Waals surface area contributed by atoms with Crippen molar-refractivity contribution in [1.82, 2.24) is 10.6 Å². The Labute approximate surface area is 126 Å². The summed E-state index contributed by atoms with van der Waals surface area (Å²) in [7, 11) is 1.68. The fourth-order valence-corrected chi connectivity index (χ4v) is 2.12. The monoisotopic (exact) mass is 296 g/mol. The molecule has 1 saturated heterocycles. The SMILES string of the molecule is CO[C@@H]1CN[C@@H](C(=O)NCC=Cc2ccccc2)C1.Cl. The van der Waals surface area contributed by atoms with Gasteiger partial charge in [-0.2, -0.15) is 0 Å². The zero-order valence-corrected chi connectivity index (χ0v) is 12.4. The van der Waals surface area contributed by atoms with Gasteiger partial charge in [-0.1, -0.05) is 42.5 Å². The number of carbonyl (C=O) groups is 1. The molecule has 2 N–H and O–H groups in total. The van der Waals surface area contributed by atoms with Crippen LogP contribution in [0.5, 0.6) is 0 Å². The van der Waals surface area contributed by atoms with Crippen molar-refractivity contribution in [2.75, 3.05) is 20.2 Å². The molecule has 0 saturated carbocycles. The van der Waals surface area contributed by atoms with Gasteiger partial charge in [-0.15, -0.1) is 12.4 Å². The molecule has 1 heterocycles. The number of benzene rings is 1. The lowest BCUT2D eigenvalue weighted by molar-refractivity contribution is -0.122. The first-order valence-electron chi connectivity index (χ1n) is 6.55. The van der Waals surface area contributed by atoms with Gasteiger partial charge >= 0.3 is 0 Å². The van der Waals surface area contributed by atoms with Crippen LogP contribution in [0.2, 0.25) is 0 Å². The summed E-state index contributed by atoms with van der Waals surface area (Å²) >= 11 is 0. The average Bonchev–Trinajstić information content (AvgIpc) is 2.93. The minimum Gasteiger partial charge on any atom is -0.380 e. The highest BCUT2D eigenvalue weighted by atomic mass is 35.5. The number of amides is 1. The molecule has 0 unspecified atom stereocenters. The van der Waals surface area contributed by atoms with E-state index < -0.39 is 0 Å². The largest absolute Gasteiger partial charge is 0.380 e. The number of rotatable bonds is 5. The Morgan fingerprint density at radius 3 is 2.85 bits per heavy atom. The standard InChI is InChI=1S/C15H20N2O2.ClH/c1-19-13-10-14(17-11-13)15(18)16-9-5-8-12-6-3-2-4-7-12;/h2-8,13-14,17H,9-11H2,1H3,(H,16,18);1H/t13-,14+;/m0./s1. The summed E-state index contributed by atoms with van der Waals surface area (Å²) in [6.07, 6.45) is 4.84. The van der Waals surface area contributed by atoms with Gasteiger partial charge in [0, 0.05) is 20.2 Å². The second-order valence-corrected chi connectivity index (χ2v) is 4.61. The predicted octanol–water partition coefficient (Wildman–Crippen LogP) is 1.61. The van der Waals surface area contributed by atoms with Crippen molar-refractivity contribution in [1.29, 1.82) is 0 Å². The van der Waals surface area contributed by atoms with E-state index in [1.54, 1.807) is 7.11 Å². The van der Waals surface area contributed by atoms with Crippen LogP contribution in [-0.2, 0) is 9.53 Å². The van der Waals surface area contributed by atoms with Crippen molar-refractivity contribution >= 4 is 24.4 Å². The van der Waals surface area contributed by atoms with E-state index in [1.165, 1.54) is 0 Å². The topological polar surface area (TPSA) is 50.4 Å². The molecule has 110 valence electrons. The Morgan fingerprint density at radius 2 is 2.20 bits per heavy atom. The molecule has 1 amide bonds. The van der Waals surface area contributed by atoms with Gasteiger partial charge in [0.25, 0.3) is 0 Å². The third-order valence-corrected chi connectivity index (χ3v) is 3.24. The lowest BCUT2D eigenvalue weighted by atomic mass is 10.2. The lowest BCUT2D eigenvalue weighted by Gasteiger charge is -2.09. The van der Waals surface area contributed by atoms with Crippen LogP contribution in [-0.4, -0.2) is 38.3 Å². The quantitative estimate of drug-likeness (QED) is 0.868. The summed E-state index contributed by atoms with van der Waals surface area (Å²) in [4.78, 5) is 11.9. The summed E-state index contributed by atoms with van der Waals surface area (Å²) in [5, 5.41) is 6.05. The Bertz CT molecular complexity index is 437. The Kier molecular flexibility index (Phi) is 7.30. The fourth-order valence-electron chi connectivity index (χ4n) is 2.12. The molecule has 1 aromatic rings. The summed E-state index contributed by atoms with van der Waals surface area (Å²) in [5.41, 5.74) is 1.13. The maximum absolute atomic E-state index is 11.9. The summed E-state index contributed by atoms with van der Waals surface area (Å²) in [6, 6.07) is 9.89. The second-order valence-electron chi connectivity index (χ2n) is 4.61. The van der Waals surface area contributed by atoms with Gasteiger partial charge in [0.2, 0.25) is 5.91 Å². The van der Waals surface area contributed by atoms with Gasteiger partial charge in [-0.25, -0.2) is 0 Å². The van der Waals surface area contributed by atoms with Gasteiger partial charge in [0.15, 0.2) is 0 Å². The van der Waals surface area contributed by atoms with E-state index in [1.807, 2.05) is 42.5 Å². The van der Waals surface area contributed by atoms with E-state index in [9.17, 15) is 4.79 Å². The minimum atomic E-state index is -0.130. The first kappa shape index (κ1) is 16.7. The zero-order chi connectivity index (χ0) is 13.5. The third kappa shape index (κ3) is 4.96. The van der Waals surface area contributed by atoms with Crippen molar-refractivity contribution in [3.8, 4) is 0 Å². The highest BCUT2D eigenvalue weighted by Crippen LogP contribution is 2.09. The molecule has 4 nitrogen and oxygen atoms in total. The average molecular weight is 297 g/mol. The molecular weight excluding hydrogens is 276 g/mol. The molecule has 0 aliphatic carbocycles. The van der Waals surface area contributed by atoms with Crippen LogP contribution in [0, 0.1) is 0 Å². The first-order valence-corrected chi connectivity index (χ1v) is 6.55. The van der Waals surface area contributed by atoms with E-state index in [4.69, 9.17) is 4.74 Å². The number of hydrogen-bond donors (Lipinski definition) is 2. The number of methoxy groups -OCH3 is 1. The van der Waals surface area contributed by atoms with Gasteiger partial charge in [0.1, 0.15) is 0 Å². The molecule has 2 rings (SSSR count). The number of halogens is 1. The van der Waals surface area contributed by atoms with Crippen LogP contribution in [0.1, 0.15) is 12.0 Å². The number of hydrogen-bond acceptors (Lipinski definition) is 3. The van der Waals surface area contributed by atoms with Gasteiger partial charge in [-0.3, -0.25) is 4.79 Å². The molecule has 20 heavy (non-hydrogen) atoms. The van der Waals surface area contributed by atoms with Crippen LogP contribution in [0.4, 0.5) is 0 Å². The molecule has 0 spiro atoms. The van der Waals surface area contributed by atoms with E-state index in [0.29, 0.717) is 6.54 Å². The van der Waals surface area contributed by atoms with Crippen molar-refractivity contribution < 1.29 is 9.53 Å². The molecule has 1 aromatic carbocycles. The molecule has 0 bridgehead atoms. The van der Waals surface area contributed by atoms with Crippen LogP contribution in [0.25, 0.3) is 6.08 Å².